The molecule has 0 saturated heterocycles. The van der Waals surface area contributed by atoms with E-state index >= 15 is 0 Å². The molecule has 0 aromatic heterocycles. The molecular formula is C15H15NO5S. The number of nitrogens with zero attached hydrogens (tertiary/aromatic N) is 1. The first-order valence-corrected chi connectivity index (χ1v) is 7.78. The van der Waals surface area contributed by atoms with Crippen LogP contribution in [0.25, 0.3) is 0 Å². The van der Waals surface area contributed by atoms with Crippen LogP contribution in [0.5, 0.6) is 0 Å². The third-order valence-corrected chi connectivity index (χ3v) is 5.36. The Balaban J connectivity index is 1.89. The van der Waals surface area contributed by atoms with Crippen molar-refractivity contribution in [1.82, 2.24) is 0 Å². The number of aliphatic hydroxyl groups is 1. The van der Waals surface area contributed by atoms with Crippen molar-refractivity contribution in [3.05, 3.63) is 35.4 Å². The fraction of sp³-hybridized carbons (Fsp3) is 0.400. The van der Waals surface area contributed by atoms with E-state index in [4.69, 9.17) is 5.11 Å². The molecule has 116 valence electrons. The van der Waals surface area contributed by atoms with E-state index in [9.17, 15) is 14.7 Å². The molecule has 22 heavy (non-hydrogen) atoms. The molecule has 1 aromatic rings. The topological polar surface area (TPSA) is 96.2 Å². The number of esters is 1. The molecule has 1 fully saturated rings. The van der Waals surface area contributed by atoms with Crippen molar-refractivity contribution in [3.63, 3.8) is 0 Å². The molecule has 0 radical (unpaired) electrons. The zero-order valence-electron chi connectivity index (χ0n) is 11.9. The molecule has 0 spiro atoms. The van der Waals surface area contributed by atoms with Crippen molar-refractivity contribution < 1.29 is 24.5 Å². The van der Waals surface area contributed by atoms with Crippen LogP contribution >= 0.6 is 11.8 Å². The lowest BCUT2D eigenvalue weighted by atomic mass is 9.96. The molecule has 6 nitrogen and oxygen atoms in total. The molecule has 2 aliphatic rings. The lowest BCUT2D eigenvalue weighted by molar-refractivity contribution is -0.154. The van der Waals surface area contributed by atoms with Crippen LogP contribution in [0.1, 0.15) is 28.8 Å². The number of benzene rings is 1. The Morgan fingerprint density at radius 2 is 1.91 bits per heavy atom. The molecule has 1 atom stereocenters. The second-order valence-corrected chi connectivity index (χ2v) is 6.44. The van der Waals surface area contributed by atoms with E-state index in [0.717, 1.165) is 18.4 Å². The van der Waals surface area contributed by atoms with E-state index in [2.05, 4.69) is 9.73 Å². The molecule has 1 aliphatic carbocycles. The van der Waals surface area contributed by atoms with Gasteiger partial charge in [-0.25, -0.2) is 14.6 Å². The maximum Gasteiger partial charge on any atom is 0.360 e. The fourth-order valence-corrected chi connectivity index (χ4v) is 3.89. The normalized spacial score (nSPS) is 25.5. The van der Waals surface area contributed by atoms with E-state index < -0.39 is 17.7 Å². The summed E-state index contributed by atoms with van der Waals surface area (Å²) in [5.74, 6) is -1.70. The van der Waals surface area contributed by atoms with Crippen molar-refractivity contribution >= 4 is 28.7 Å². The summed E-state index contributed by atoms with van der Waals surface area (Å²) in [6.07, 6.45) is 1.71. The van der Waals surface area contributed by atoms with Gasteiger partial charge in [-0.1, -0.05) is 12.1 Å². The number of methoxy groups -OCH3 is 1. The summed E-state index contributed by atoms with van der Waals surface area (Å²) in [5, 5.41) is 19.7. The Bertz CT molecular complexity index is 665. The van der Waals surface area contributed by atoms with Gasteiger partial charge in [0.15, 0.2) is 0 Å². The minimum Gasteiger partial charge on any atom is -0.478 e. The first kappa shape index (κ1) is 15.1. The number of rotatable bonds is 4. The number of aliphatic imine (C=N–C) groups is 1. The van der Waals surface area contributed by atoms with Crippen LogP contribution in [0, 0.1) is 0 Å². The van der Waals surface area contributed by atoms with Gasteiger partial charge in [0.1, 0.15) is 0 Å². The largest absolute Gasteiger partial charge is 0.478 e. The van der Waals surface area contributed by atoms with Crippen LogP contribution in [-0.2, 0) is 14.9 Å². The number of thioether (sulfide) groups is 1. The van der Waals surface area contributed by atoms with E-state index in [-0.39, 0.29) is 11.2 Å². The summed E-state index contributed by atoms with van der Waals surface area (Å²) in [4.78, 5) is 26.6. The van der Waals surface area contributed by atoms with E-state index in [1.165, 1.54) is 18.9 Å². The molecule has 7 heteroatoms. The van der Waals surface area contributed by atoms with Gasteiger partial charge in [-0.3, -0.25) is 0 Å². The standard InChI is InChI=1S/C15H15NO5S/c1-21-11(17)9-2-4-10(5-3-9)14(6-7-14)12-16-15(20,8-22-12)13(18)19/h2-5,20H,6-8H2,1H3,(H,18,19). The summed E-state index contributed by atoms with van der Waals surface area (Å²) in [6.45, 7) is 0. The van der Waals surface area contributed by atoms with Crippen molar-refractivity contribution in [1.29, 1.82) is 0 Å². The quantitative estimate of drug-likeness (QED) is 0.814. The lowest BCUT2D eigenvalue weighted by Crippen LogP contribution is -2.36. The van der Waals surface area contributed by atoms with Crippen molar-refractivity contribution in [2.24, 2.45) is 4.99 Å². The van der Waals surface area contributed by atoms with Gasteiger partial charge in [-0.2, -0.15) is 0 Å². The van der Waals surface area contributed by atoms with Gasteiger partial charge >= 0.3 is 11.9 Å². The van der Waals surface area contributed by atoms with Gasteiger partial charge in [0, 0.05) is 5.41 Å². The molecule has 1 aromatic carbocycles. The van der Waals surface area contributed by atoms with Crippen molar-refractivity contribution in [3.8, 4) is 0 Å². The number of carboxylic acids is 1. The van der Waals surface area contributed by atoms with Gasteiger partial charge in [-0.15, -0.1) is 11.8 Å². The highest BCUT2D eigenvalue weighted by Gasteiger charge is 2.54. The van der Waals surface area contributed by atoms with Gasteiger partial charge in [-0.05, 0) is 30.5 Å². The van der Waals surface area contributed by atoms with E-state index in [0.29, 0.717) is 10.6 Å². The number of carbonyl (C=O) groups excluding carboxylic acids is 1. The van der Waals surface area contributed by atoms with Crippen LogP contribution in [-0.4, -0.2) is 45.8 Å². The maximum atomic E-state index is 11.5. The zero-order chi connectivity index (χ0) is 16.0. The Hall–Kier alpha value is -1.86. The Morgan fingerprint density at radius 1 is 1.27 bits per heavy atom. The predicted molar refractivity (Wildman–Crippen MR) is 81.2 cm³/mol. The minimum atomic E-state index is -2.03. The van der Waals surface area contributed by atoms with Crippen LogP contribution in [0.15, 0.2) is 29.3 Å². The van der Waals surface area contributed by atoms with E-state index in [1.54, 1.807) is 12.1 Å². The summed E-state index contributed by atoms with van der Waals surface area (Å²) >= 11 is 1.28. The van der Waals surface area contributed by atoms with Crippen molar-refractivity contribution in [2.45, 2.75) is 24.0 Å². The maximum absolute atomic E-state index is 11.5. The molecule has 1 saturated carbocycles. The summed E-state index contributed by atoms with van der Waals surface area (Å²) in [5.41, 5.74) is -0.910. The molecule has 1 heterocycles. The molecular weight excluding hydrogens is 306 g/mol. The molecule has 2 N–H and O–H groups in total. The smallest absolute Gasteiger partial charge is 0.360 e. The van der Waals surface area contributed by atoms with Gasteiger partial charge in [0.05, 0.1) is 23.5 Å². The summed E-state index contributed by atoms with van der Waals surface area (Å²) in [6, 6.07) is 7.04. The second kappa shape index (κ2) is 5.10. The molecule has 3 rings (SSSR count). The number of ether oxygens (including phenoxy) is 1. The number of carbonyl (C=O) groups is 2. The summed E-state index contributed by atoms with van der Waals surface area (Å²) < 4.78 is 4.67. The third kappa shape index (κ3) is 2.30. The molecule has 1 aliphatic heterocycles. The number of hydrogen-bond acceptors (Lipinski definition) is 6. The third-order valence-electron chi connectivity index (χ3n) is 4.06. The van der Waals surface area contributed by atoms with Crippen LogP contribution in [0.2, 0.25) is 0 Å². The van der Waals surface area contributed by atoms with Gasteiger partial charge in [0.25, 0.3) is 5.72 Å². The Kier molecular flexibility index (Phi) is 3.49. The Morgan fingerprint density at radius 3 is 2.36 bits per heavy atom. The minimum absolute atomic E-state index is 0.0274. The average Bonchev–Trinajstić information content (AvgIpc) is 3.23. The first-order chi connectivity index (χ1) is 10.4. The number of hydrogen-bond donors (Lipinski definition) is 2. The molecule has 1 unspecified atom stereocenters. The van der Waals surface area contributed by atoms with Crippen LogP contribution in [0.4, 0.5) is 0 Å². The highest BCUT2D eigenvalue weighted by atomic mass is 32.2. The van der Waals surface area contributed by atoms with Gasteiger partial charge in [0.2, 0.25) is 0 Å². The van der Waals surface area contributed by atoms with Gasteiger partial charge < -0.3 is 14.9 Å². The molecule has 0 amide bonds. The zero-order valence-corrected chi connectivity index (χ0v) is 12.7. The fourth-order valence-electron chi connectivity index (χ4n) is 2.55. The van der Waals surface area contributed by atoms with Crippen LogP contribution < -0.4 is 0 Å². The van der Waals surface area contributed by atoms with Crippen LogP contribution in [0.3, 0.4) is 0 Å². The highest BCUT2D eigenvalue weighted by molar-refractivity contribution is 8.14. The van der Waals surface area contributed by atoms with Crippen molar-refractivity contribution in [2.75, 3.05) is 12.9 Å². The average molecular weight is 321 g/mol. The SMILES string of the molecule is COC(=O)c1ccc(C2(C3=NC(O)(C(=O)O)CS3)CC2)cc1. The van der Waals surface area contributed by atoms with E-state index in [1.807, 2.05) is 12.1 Å². The second-order valence-electron chi connectivity index (χ2n) is 5.48. The highest BCUT2D eigenvalue weighted by Crippen LogP contribution is 2.54. The summed E-state index contributed by atoms with van der Waals surface area (Å²) in [7, 11) is 1.33. The predicted octanol–water partition coefficient (Wildman–Crippen LogP) is 1.42. The molecule has 0 bridgehead atoms. The lowest BCUT2D eigenvalue weighted by Gasteiger charge is -2.15. The first-order valence-electron chi connectivity index (χ1n) is 6.79. The Labute approximate surface area is 131 Å². The number of aliphatic carboxylic acids is 1. The number of carboxylic acid groups (broad SMARTS) is 1. The monoisotopic (exact) mass is 321 g/mol.